The maximum Gasteiger partial charge on any atom is 0.411 e. The van der Waals surface area contributed by atoms with Crippen molar-refractivity contribution in [2.24, 2.45) is 5.92 Å². The van der Waals surface area contributed by atoms with E-state index in [1.807, 2.05) is 13.8 Å². The Hall–Kier alpha value is -1.26. The summed E-state index contributed by atoms with van der Waals surface area (Å²) in [4.78, 5) is 25.6. The van der Waals surface area contributed by atoms with Crippen LogP contribution in [0.4, 0.5) is 4.79 Å². The van der Waals surface area contributed by atoms with Gasteiger partial charge in [-0.1, -0.05) is 13.8 Å². The van der Waals surface area contributed by atoms with Crippen LogP contribution in [0.2, 0.25) is 0 Å². The number of hydrogen-bond acceptors (Lipinski definition) is 3. The number of aliphatic carboxylic acids is 1. The quantitative estimate of drug-likeness (QED) is 0.860. The first-order valence-corrected chi connectivity index (χ1v) is 7.36. The molecular formula is C15H27NO4. The molecule has 1 amide bonds. The molecule has 0 aromatic rings. The van der Waals surface area contributed by atoms with E-state index in [2.05, 4.69) is 0 Å². The van der Waals surface area contributed by atoms with Gasteiger partial charge in [0.15, 0.2) is 0 Å². The molecule has 0 aromatic carbocycles. The smallest absolute Gasteiger partial charge is 0.411 e. The Morgan fingerprint density at radius 2 is 2.00 bits per heavy atom. The van der Waals surface area contributed by atoms with Crippen molar-refractivity contribution in [2.75, 3.05) is 6.54 Å². The van der Waals surface area contributed by atoms with E-state index in [4.69, 9.17) is 4.74 Å². The maximum atomic E-state index is 12.4. The third-order valence-electron chi connectivity index (χ3n) is 3.71. The van der Waals surface area contributed by atoms with Crippen LogP contribution in [0.1, 0.15) is 60.3 Å². The van der Waals surface area contributed by atoms with Crippen LogP contribution < -0.4 is 0 Å². The molecule has 116 valence electrons. The molecule has 1 saturated carbocycles. The summed E-state index contributed by atoms with van der Waals surface area (Å²) in [6.07, 6.45) is 2.03. The standard InChI is InChI=1S/C15H27NO4/c1-6-9-16(13(19)20-14(3,4)5)15(12(17)18)8-7-11(2)10-15/h11H,6-10H2,1-5H3,(H,17,18). The molecule has 1 rings (SSSR count). The summed E-state index contributed by atoms with van der Waals surface area (Å²) in [5.74, 6) is -0.603. The summed E-state index contributed by atoms with van der Waals surface area (Å²) in [6, 6.07) is 0. The lowest BCUT2D eigenvalue weighted by Crippen LogP contribution is -2.57. The van der Waals surface area contributed by atoms with Crippen molar-refractivity contribution in [3.8, 4) is 0 Å². The van der Waals surface area contributed by atoms with Crippen LogP contribution in [-0.2, 0) is 9.53 Å². The van der Waals surface area contributed by atoms with Crippen molar-refractivity contribution in [1.82, 2.24) is 4.90 Å². The third kappa shape index (κ3) is 3.64. The lowest BCUT2D eigenvalue weighted by atomic mass is 9.94. The van der Waals surface area contributed by atoms with E-state index in [9.17, 15) is 14.7 Å². The summed E-state index contributed by atoms with van der Waals surface area (Å²) in [6.45, 7) is 9.75. The fourth-order valence-corrected chi connectivity index (χ4v) is 2.84. The molecule has 0 bridgehead atoms. The lowest BCUT2D eigenvalue weighted by molar-refractivity contribution is -0.151. The Bertz CT molecular complexity index is 375. The first kappa shape index (κ1) is 16.8. The largest absolute Gasteiger partial charge is 0.479 e. The number of carbonyl (C=O) groups excluding carboxylic acids is 1. The number of rotatable bonds is 4. The zero-order chi connectivity index (χ0) is 15.6. The first-order valence-electron chi connectivity index (χ1n) is 7.36. The fraction of sp³-hybridized carbons (Fsp3) is 0.867. The molecule has 5 nitrogen and oxygen atoms in total. The zero-order valence-corrected chi connectivity index (χ0v) is 13.2. The van der Waals surface area contributed by atoms with Gasteiger partial charge in [-0.3, -0.25) is 4.90 Å². The van der Waals surface area contributed by atoms with Crippen molar-refractivity contribution in [3.05, 3.63) is 0 Å². The number of carboxylic acid groups (broad SMARTS) is 1. The van der Waals surface area contributed by atoms with Gasteiger partial charge >= 0.3 is 12.1 Å². The van der Waals surface area contributed by atoms with Crippen LogP contribution in [0.15, 0.2) is 0 Å². The highest BCUT2D eigenvalue weighted by atomic mass is 16.6. The molecule has 1 aliphatic carbocycles. The average molecular weight is 285 g/mol. The second-order valence-electron chi connectivity index (χ2n) is 6.82. The van der Waals surface area contributed by atoms with Crippen LogP contribution in [0.5, 0.6) is 0 Å². The number of amides is 1. The molecule has 0 spiro atoms. The molecule has 0 aliphatic heterocycles. The number of nitrogens with zero attached hydrogens (tertiary/aromatic N) is 1. The Kier molecular flexibility index (Phi) is 5.05. The molecular weight excluding hydrogens is 258 g/mol. The Morgan fingerprint density at radius 1 is 1.40 bits per heavy atom. The van der Waals surface area contributed by atoms with Crippen LogP contribution in [0, 0.1) is 5.92 Å². The monoisotopic (exact) mass is 285 g/mol. The van der Waals surface area contributed by atoms with Gasteiger partial charge in [-0.05, 0) is 52.4 Å². The zero-order valence-electron chi connectivity index (χ0n) is 13.2. The molecule has 1 N–H and O–H groups in total. The molecule has 0 radical (unpaired) electrons. The minimum Gasteiger partial charge on any atom is -0.479 e. The van der Waals surface area contributed by atoms with Gasteiger partial charge in [0.1, 0.15) is 11.1 Å². The highest BCUT2D eigenvalue weighted by Gasteiger charge is 2.51. The normalized spacial score (nSPS) is 26.4. The average Bonchev–Trinajstić information content (AvgIpc) is 2.67. The highest BCUT2D eigenvalue weighted by molar-refractivity contribution is 5.85. The molecule has 0 aromatic heterocycles. The minimum absolute atomic E-state index is 0.313. The van der Waals surface area contributed by atoms with Crippen molar-refractivity contribution >= 4 is 12.1 Å². The lowest BCUT2D eigenvalue weighted by Gasteiger charge is -2.38. The molecule has 5 heteroatoms. The highest BCUT2D eigenvalue weighted by Crippen LogP contribution is 2.40. The van der Waals surface area contributed by atoms with Crippen LogP contribution in [0.25, 0.3) is 0 Å². The summed E-state index contributed by atoms with van der Waals surface area (Å²) < 4.78 is 5.40. The first-order chi connectivity index (χ1) is 9.12. The second kappa shape index (κ2) is 6.02. The van der Waals surface area contributed by atoms with Gasteiger partial charge in [-0.25, -0.2) is 9.59 Å². The van der Waals surface area contributed by atoms with Gasteiger partial charge in [0.25, 0.3) is 0 Å². The number of carbonyl (C=O) groups is 2. The SMILES string of the molecule is CCCN(C(=O)OC(C)(C)C)C1(C(=O)O)CCC(C)C1. The van der Waals surface area contributed by atoms with E-state index in [0.717, 1.165) is 6.42 Å². The van der Waals surface area contributed by atoms with Crippen molar-refractivity contribution in [3.63, 3.8) is 0 Å². The van der Waals surface area contributed by atoms with Gasteiger partial charge in [0.05, 0.1) is 0 Å². The van der Waals surface area contributed by atoms with Gasteiger partial charge in [0.2, 0.25) is 0 Å². The summed E-state index contributed by atoms with van der Waals surface area (Å²) in [7, 11) is 0. The fourth-order valence-electron chi connectivity index (χ4n) is 2.84. The van der Waals surface area contributed by atoms with Gasteiger partial charge in [-0.2, -0.15) is 0 Å². The van der Waals surface area contributed by atoms with E-state index in [-0.39, 0.29) is 0 Å². The van der Waals surface area contributed by atoms with Crippen LogP contribution in [-0.4, -0.2) is 39.8 Å². The van der Waals surface area contributed by atoms with Crippen molar-refractivity contribution < 1.29 is 19.4 Å². The van der Waals surface area contributed by atoms with E-state index in [0.29, 0.717) is 31.7 Å². The molecule has 1 aliphatic rings. The molecule has 20 heavy (non-hydrogen) atoms. The Morgan fingerprint density at radius 3 is 2.35 bits per heavy atom. The number of carboxylic acids is 1. The summed E-state index contributed by atoms with van der Waals surface area (Å²) in [5.41, 5.74) is -1.72. The van der Waals surface area contributed by atoms with Crippen LogP contribution >= 0.6 is 0 Å². The Balaban J connectivity index is 3.04. The Labute approximate surface area is 121 Å². The summed E-state index contributed by atoms with van der Waals surface area (Å²) >= 11 is 0. The van der Waals surface area contributed by atoms with E-state index in [1.54, 1.807) is 20.8 Å². The van der Waals surface area contributed by atoms with Crippen molar-refractivity contribution in [1.29, 1.82) is 0 Å². The van der Waals surface area contributed by atoms with E-state index in [1.165, 1.54) is 4.90 Å². The molecule has 2 unspecified atom stereocenters. The third-order valence-corrected chi connectivity index (χ3v) is 3.71. The molecule has 2 atom stereocenters. The van der Waals surface area contributed by atoms with Gasteiger partial charge in [0, 0.05) is 6.54 Å². The van der Waals surface area contributed by atoms with E-state index < -0.39 is 23.2 Å². The topological polar surface area (TPSA) is 66.8 Å². The van der Waals surface area contributed by atoms with Crippen molar-refractivity contribution in [2.45, 2.75) is 71.4 Å². The predicted octanol–water partition coefficient (Wildman–Crippen LogP) is 3.28. The molecule has 0 heterocycles. The molecule has 0 saturated heterocycles. The van der Waals surface area contributed by atoms with Crippen LogP contribution in [0.3, 0.4) is 0 Å². The van der Waals surface area contributed by atoms with Gasteiger partial charge in [-0.15, -0.1) is 0 Å². The van der Waals surface area contributed by atoms with E-state index >= 15 is 0 Å². The minimum atomic E-state index is -1.10. The number of hydrogen-bond donors (Lipinski definition) is 1. The summed E-state index contributed by atoms with van der Waals surface area (Å²) in [5, 5.41) is 9.68. The maximum absolute atomic E-state index is 12.4. The van der Waals surface area contributed by atoms with Gasteiger partial charge < -0.3 is 9.84 Å². The predicted molar refractivity (Wildman–Crippen MR) is 76.6 cm³/mol. The number of ether oxygens (including phenoxy) is 1. The second-order valence-corrected chi connectivity index (χ2v) is 6.82. The molecule has 1 fully saturated rings.